The van der Waals surface area contributed by atoms with Gasteiger partial charge in [0.1, 0.15) is 12.4 Å². The lowest BCUT2D eigenvalue weighted by Gasteiger charge is -2.27. The minimum Gasteiger partial charge on any atom is -0.508 e. The Hall–Kier alpha value is -1.55. The Bertz CT molecular complexity index is 524. The van der Waals surface area contributed by atoms with Crippen LogP contribution < -0.4 is 5.73 Å². The molecule has 1 aromatic carbocycles. The highest BCUT2D eigenvalue weighted by Gasteiger charge is 2.24. The van der Waals surface area contributed by atoms with E-state index in [0.717, 1.165) is 5.56 Å². The van der Waals surface area contributed by atoms with E-state index in [0.29, 0.717) is 12.0 Å². The zero-order valence-corrected chi connectivity index (χ0v) is 14.6. The molecule has 0 radical (unpaired) electrons. The first kappa shape index (κ1) is 18.5. The molecule has 0 heterocycles. The van der Waals surface area contributed by atoms with Gasteiger partial charge in [0.15, 0.2) is 0 Å². The molecule has 0 aliphatic heterocycles. The lowest BCUT2D eigenvalue weighted by Crippen LogP contribution is -2.36. The third-order valence-corrected chi connectivity index (χ3v) is 3.68. The number of phenolic OH excluding ortho intramolecular Hbond substituents is 1. The first-order valence-corrected chi connectivity index (χ1v) is 7.65. The molecule has 1 unspecified atom stereocenters. The summed E-state index contributed by atoms with van der Waals surface area (Å²) in [6.45, 7) is 11.8. The molecular formula is C18H29NO3. The van der Waals surface area contributed by atoms with Gasteiger partial charge in [-0.2, -0.15) is 0 Å². The Morgan fingerprint density at radius 2 is 1.82 bits per heavy atom. The van der Waals surface area contributed by atoms with Gasteiger partial charge in [-0.3, -0.25) is 4.79 Å². The van der Waals surface area contributed by atoms with Gasteiger partial charge >= 0.3 is 5.97 Å². The van der Waals surface area contributed by atoms with Crippen LogP contribution in [-0.2, 0) is 22.6 Å². The maximum Gasteiger partial charge on any atom is 0.311 e. The van der Waals surface area contributed by atoms with E-state index in [-0.39, 0.29) is 29.8 Å². The van der Waals surface area contributed by atoms with Gasteiger partial charge in [-0.1, -0.05) is 26.8 Å². The van der Waals surface area contributed by atoms with Crippen molar-refractivity contribution in [1.29, 1.82) is 0 Å². The van der Waals surface area contributed by atoms with E-state index in [1.165, 1.54) is 0 Å². The number of carbonyl (C=O) groups is 1. The molecule has 0 saturated carbocycles. The molecule has 3 N–H and O–H groups in total. The smallest absolute Gasteiger partial charge is 0.311 e. The molecule has 4 nitrogen and oxygen atoms in total. The van der Waals surface area contributed by atoms with Crippen LogP contribution in [0.25, 0.3) is 0 Å². The van der Waals surface area contributed by atoms with Crippen molar-refractivity contribution in [2.24, 2.45) is 16.6 Å². The molecule has 0 aliphatic rings. The molecule has 0 bridgehead atoms. The van der Waals surface area contributed by atoms with Crippen molar-refractivity contribution in [2.75, 3.05) is 0 Å². The second-order valence-electron chi connectivity index (χ2n) is 7.97. The molecule has 22 heavy (non-hydrogen) atoms. The second kappa shape index (κ2) is 6.69. The lowest BCUT2D eigenvalue weighted by atomic mass is 9.83. The SMILES string of the molecule is CC(C)(C)C(=O)OCc1cc(CC(N)C(C)(C)C)ccc1O. The van der Waals surface area contributed by atoms with Crippen LogP contribution in [0.1, 0.15) is 52.7 Å². The van der Waals surface area contributed by atoms with Crippen molar-refractivity contribution < 1.29 is 14.6 Å². The molecule has 4 heteroatoms. The Morgan fingerprint density at radius 1 is 1.23 bits per heavy atom. The molecule has 0 aliphatic carbocycles. The summed E-state index contributed by atoms with van der Waals surface area (Å²) in [7, 11) is 0. The maximum absolute atomic E-state index is 11.8. The average Bonchev–Trinajstić information content (AvgIpc) is 2.36. The standard InChI is InChI=1S/C18H29NO3/c1-17(2,3)15(19)10-12-7-8-14(20)13(9-12)11-22-16(21)18(4,5)6/h7-9,15,20H,10-11,19H2,1-6H3. The molecule has 0 saturated heterocycles. The van der Waals surface area contributed by atoms with Gasteiger partial charge in [-0.15, -0.1) is 0 Å². The number of benzene rings is 1. The van der Waals surface area contributed by atoms with Crippen molar-refractivity contribution in [2.45, 2.75) is 60.6 Å². The number of rotatable bonds is 4. The van der Waals surface area contributed by atoms with Crippen molar-refractivity contribution in [1.82, 2.24) is 0 Å². The van der Waals surface area contributed by atoms with Crippen LogP contribution in [0.3, 0.4) is 0 Å². The van der Waals surface area contributed by atoms with E-state index < -0.39 is 5.41 Å². The third-order valence-electron chi connectivity index (χ3n) is 3.68. The van der Waals surface area contributed by atoms with E-state index in [2.05, 4.69) is 20.8 Å². The predicted octanol–water partition coefficient (Wildman–Crippen LogP) is 3.40. The number of hydrogen-bond donors (Lipinski definition) is 2. The van der Waals surface area contributed by atoms with Gasteiger partial charge in [0.05, 0.1) is 5.41 Å². The number of ether oxygens (including phenoxy) is 1. The first-order valence-electron chi connectivity index (χ1n) is 7.65. The Morgan fingerprint density at radius 3 is 2.32 bits per heavy atom. The minimum absolute atomic E-state index is 0.0107. The number of nitrogens with two attached hydrogens (primary N) is 1. The van der Waals surface area contributed by atoms with Gasteiger partial charge in [0.2, 0.25) is 0 Å². The van der Waals surface area contributed by atoms with Crippen LogP contribution in [0, 0.1) is 10.8 Å². The number of esters is 1. The van der Waals surface area contributed by atoms with Gasteiger partial charge in [-0.25, -0.2) is 0 Å². The summed E-state index contributed by atoms with van der Waals surface area (Å²) < 4.78 is 5.27. The van der Waals surface area contributed by atoms with Crippen LogP contribution in [0.2, 0.25) is 0 Å². The number of phenols is 1. The Labute approximate surface area is 133 Å². The average molecular weight is 307 g/mol. The highest BCUT2D eigenvalue weighted by molar-refractivity contribution is 5.75. The molecule has 0 fully saturated rings. The summed E-state index contributed by atoms with van der Waals surface area (Å²) in [5.74, 6) is -0.154. The summed E-state index contributed by atoms with van der Waals surface area (Å²) >= 11 is 0. The second-order valence-corrected chi connectivity index (χ2v) is 7.97. The number of hydrogen-bond acceptors (Lipinski definition) is 4. The van der Waals surface area contributed by atoms with Crippen LogP contribution in [0.15, 0.2) is 18.2 Å². The van der Waals surface area contributed by atoms with Crippen LogP contribution in [0.4, 0.5) is 0 Å². The van der Waals surface area contributed by atoms with Gasteiger partial charge in [0.25, 0.3) is 0 Å². The molecule has 0 amide bonds. The van der Waals surface area contributed by atoms with Crippen LogP contribution >= 0.6 is 0 Å². The highest BCUT2D eigenvalue weighted by atomic mass is 16.5. The molecule has 0 aromatic heterocycles. The molecule has 124 valence electrons. The van der Waals surface area contributed by atoms with Crippen LogP contribution in [0.5, 0.6) is 5.75 Å². The van der Waals surface area contributed by atoms with Crippen molar-refractivity contribution >= 4 is 5.97 Å². The molecule has 0 spiro atoms. The van der Waals surface area contributed by atoms with Crippen LogP contribution in [-0.4, -0.2) is 17.1 Å². The van der Waals surface area contributed by atoms with E-state index >= 15 is 0 Å². The topological polar surface area (TPSA) is 72.5 Å². The maximum atomic E-state index is 11.8. The van der Waals surface area contributed by atoms with E-state index in [4.69, 9.17) is 10.5 Å². The number of carbonyl (C=O) groups excluding carboxylic acids is 1. The highest BCUT2D eigenvalue weighted by Crippen LogP contribution is 2.25. The van der Waals surface area contributed by atoms with Gasteiger partial charge in [0, 0.05) is 11.6 Å². The molecule has 1 rings (SSSR count). The molecular weight excluding hydrogens is 278 g/mol. The third kappa shape index (κ3) is 5.34. The number of aromatic hydroxyl groups is 1. The van der Waals surface area contributed by atoms with E-state index in [9.17, 15) is 9.90 Å². The Balaban J connectivity index is 2.81. The summed E-state index contributed by atoms with van der Waals surface area (Å²) in [5.41, 5.74) is 7.30. The van der Waals surface area contributed by atoms with Gasteiger partial charge in [-0.05, 0) is 50.3 Å². The molecule has 1 atom stereocenters. The normalized spacial score (nSPS) is 13.8. The Kier molecular flexibility index (Phi) is 5.63. The van der Waals surface area contributed by atoms with E-state index in [1.54, 1.807) is 26.8 Å². The van der Waals surface area contributed by atoms with Gasteiger partial charge < -0.3 is 15.6 Å². The largest absolute Gasteiger partial charge is 0.508 e. The van der Waals surface area contributed by atoms with E-state index in [1.807, 2.05) is 12.1 Å². The zero-order valence-electron chi connectivity index (χ0n) is 14.6. The fourth-order valence-electron chi connectivity index (χ4n) is 1.80. The van der Waals surface area contributed by atoms with Crippen molar-refractivity contribution in [3.63, 3.8) is 0 Å². The molecule has 1 aromatic rings. The first-order chi connectivity index (χ1) is 9.91. The predicted molar refractivity (Wildman–Crippen MR) is 88.5 cm³/mol. The summed E-state index contributed by atoms with van der Waals surface area (Å²) in [4.78, 5) is 11.8. The fraction of sp³-hybridized carbons (Fsp3) is 0.611. The zero-order chi connectivity index (χ0) is 17.1. The summed E-state index contributed by atoms with van der Waals surface area (Å²) in [5, 5.41) is 9.92. The lowest BCUT2D eigenvalue weighted by molar-refractivity contribution is -0.154. The summed E-state index contributed by atoms with van der Waals surface area (Å²) in [6, 6.07) is 5.36. The summed E-state index contributed by atoms with van der Waals surface area (Å²) in [6.07, 6.45) is 0.712. The minimum atomic E-state index is -0.554. The monoisotopic (exact) mass is 307 g/mol. The fourth-order valence-corrected chi connectivity index (χ4v) is 1.80. The quantitative estimate of drug-likeness (QED) is 0.836. The van der Waals surface area contributed by atoms with Crippen molar-refractivity contribution in [3.05, 3.63) is 29.3 Å². The van der Waals surface area contributed by atoms with Crippen molar-refractivity contribution in [3.8, 4) is 5.75 Å².